The standard InChI is InChI=1S/C13H15N3O3S2/c1-6-7(2)19-13(15-6)21-8(3)11(18)16-12-9(10(14)17)4-5-20-12/h4-5,8H,1-3H3,(H2,14,17)(H,16,18)/t8-/m0/s1. The smallest absolute Gasteiger partial charge is 0.256 e. The Bertz CT molecular complexity index is 659. The van der Waals surface area contributed by atoms with Gasteiger partial charge in [-0.05, 0) is 32.2 Å². The molecule has 0 saturated carbocycles. The van der Waals surface area contributed by atoms with Gasteiger partial charge in [0.05, 0.1) is 16.5 Å². The van der Waals surface area contributed by atoms with E-state index in [0.29, 0.717) is 15.8 Å². The minimum Gasteiger partial charge on any atom is -0.437 e. The van der Waals surface area contributed by atoms with Crippen molar-refractivity contribution in [2.75, 3.05) is 5.32 Å². The molecule has 2 amide bonds. The molecule has 0 radical (unpaired) electrons. The Balaban J connectivity index is 2.02. The molecule has 2 aromatic rings. The maximum Gasteiger partial charge on any atom is 0.256 e. The fourth-order valence-corrected chi connectivity index (χ4v) is 3.14. The lowest BCUT2D eigenvalue weighted by atomic mass is 10.3. The highest BCUT2D eigenvalue weighted by molar-refractivity contribution is 8.00. The van der Waals surface area contributed by atoms with E-state index in [2.05, 4.69) is 10.3 Å². The molecule has 0 fully saturated rings. The van der Waals surface area contributed by atoms with E-state index < -0.39 is 11.2 Å². The first-order valence-corrected chi connectivity index (χ1v) is 7.93. The number of thiophene rings is 1. The number of anilines is 1. The van der Waals surface area contributed by atoms with E-state index in [1.165, 1.54) is 23.1 Å². The summed E-state index contributed by atoms with van der Waals surface area (Å²) in [5.41, 5.74) is 6.36. The number of primary amides is 1. The Morgan fingerprint density at radius 2 is 2.19 bits per heavy atom. The number of hydrogen-bond donors (Lipinski definition) is 2. The van der Waals surface area contributed by atoms with Crippen LogP contribution in [0.5, 0.6) is 0 Å². The van der Waals surface area contributed by atoms with Crippen LogP contribution < -0.4 is 11.1 Å². The number of nitrogens with zero attached hydrogens (tertiary/aromatic N) is 1. The molecule has 112 valence electrons. The Morgan fingerprint density at radius 1 is 1.48 bits per heavy atom. The second kappa shape index (κ2) is 6.31. The van der Waals surface area contributed by atoms with Crippen LogP contribution in [-0.2, 0) is 4.79 Å². The van der Waals surface area contributed by atoms with Crippen molar-refractivity contribution in [1.29, 1.82) is 0 Å². The molecule has 6 nitrogen and oxygen atoms in total. The van der Waals surface area contributed by atoms with Crippen LogP contribution in [0.25, 0.3) is 0 Å². The fourth-order valence-electron chi connectivity index (χ4n) is 1.51. The van der Waals surface area contributed by atoms with Crippen LogP contribution in [0.15, 0.2) is 21.1 Å². The van der Waals surface area contributed by atoms with Gasteiger partial charge in [0, 0.05) is 0 Å². The van der Waals surface area contributed by atoms with Crippen LogP contribution in [0.1, 0.15) is 28.7 Å². The predicted molar refractivity (Wildman–Crippen MR) is 82.8 cm³/mol. The maximum atomic E-state index is 12.1. The normalized spacial score (nSPS) is 12.1. The summed E-state index contributed by atoms with van der Waals surface area (Å²) in [4.78, 5) is 27.6. The lowest BCUT2D eigenvalue weighted by Gasteiger charge is -2.09. The van der Waals surface area contributed by atoms with Gasteiger partial charge in [0.2, 0.25) is 5.91 Å². The molecule has 2 rings (SSSR count). The van der Waals surface area contributed by atoms with Crippen molar-refractivity contribution < 1.29 is 14.0 Å². The maximum absolute atomic E-state index is 12.1. The summed E-state index contributed by atoms with van der Waals surface area (Å²) in [6, 6.07) is 1.58. The molecular formula is C13H15N3O3S2. The summed E-state index contributed by atoms with van der Waals surface area (Å²) in [6.07, 6.45) is 0. The molecule has 0 bridgehead atoms. The van der Waals surface area contributed by atoms with Crippen molar-refractivity contribution in [3.05, 3.63) is 28.5 Å². The van der Waals surface area contributed by atoms with Gasteiger partial charge in [-0.3, -0.25) is 9.59 Å². The van der Waals surface area contributed by atoms with Gasteiger partial charge in [-0.25, -0.2) is 4.98 Å². The largest absolute Gasteiger partial charge is 0.437 e. The summed E-state index contributed by atoms with van der Waals surface area (Å²) in [5, 5.41) is 4.90. The fraction of sp³-hybridized carbons (Fsp3) is 0.308. The van der Waals surface area contributed by atoms with Crippen molar-refractivity contribution in [3.8, 4) is 0 Å². The number of aryl methyl sites for hydroxylation is 2. The van der Waals surface area contributed by atoms with Gasteiger partial charge in [-0.2, -0.15) is 0 Å². The van der Waals surface area contributed by atoms with Crippen molar-refractivity contribution in [2.24, 2.45) is 5.73 Å². The molecule has 2 aromatic heterocycles. The quantitative estimate of drug-likeness (QED) is 0.823. The van der Waals surface area contributed by atoms with Crippen molar-refractivity contribution in [1.82, 2.24) is 4.98 Å². The van der Waals surface area contributed by atoms with Crippen molar-refractivity contribution >= 4 is 39.9 Å². The number of amides is 2. The second-order valence-electron chi connectivity index (χ2n) is 4.40. The average Bonchev–Trinajstić information content (AvgIpc) is 2.97. The second-order valence-corrected chi connectivity index (χ2v) is 6.61. The van der Waals surface area contributed by atoms with E-state index in [0.717, 1.165) is 11.5 Å². The van der Waals surface area contributed by atoms with E-state index in [1.807, 2.05) is 13.8 Å². The van der Waals surface area contributed by atoms with Gasteiger partial charge in [-0.1, -0.05) is 11.8 Å². The minimum absolute atomic E-state index is 0.238. The highest BCUT2D eigenvalue weighted by Gasteiger charge is 2.20. The third-order valence-electron chi connectivity index (χ3n) is 2.82. The molecule has 0 spiro atoms. The molecule has 0 aliphatic carbocycles. The highest BCUT2D eigenvalue weighted by Crippen LogP contribution is 2.27. The monoisotopic (exact) mass is 325 g/mol. The van der Waals surface area contributed by atoms with Crippen LogP contribution in [0.2, 0.25) is 0 Å². The molecule has 0 saturated heterocycles. The Labute approximate surface area is 130 Å². The lowest BCUT2D eigenvalue weighted by Crippen LogP contribution is -2.23. The number of thioether (sulfide) groups is 1. The molecular weight excluding hydrogens is 310 g/mol. The Kier molecular flexibility index (Phi) is 4.69. The Hall–Kier alpha value is -1.80. The van der Waals surface area contributed by atoms with Gasteiger partial charge >= 0.3 is 0 Å². The van der Waals surface area contributed by atoms with Gasteiger partial charge in [0.25, 0.3) is 11.1 Å². The lowest BCUT2D eigenvalue weighted by molar-refractivity contribution is -0.115. The zero-order valence-corrected chi connectivity index (χ0v) is 13.4. The molecule has 8 heteroatoms. The zero-order valence-electron chi connectivity index (χ0n) is 11.8. The van der Waals surface area contributed by atoms with Crippen LogP contribution in [-0.4, -0.2) is 22.0 Å². The number of hydrogen-bond acceptors (Lipinski definition) is 6. The van der Waals surface area contributed by atoms with E-state index in [4.69, 9.17) is 10.2 Å². The molecule has 0 aliphatic rings. The zero-order chi connectivity index (χ0) is 15.6. The number of nitrogens with two attached hydrogens (primary N) is 1. The van der Waals surface area contributed by atoms with Crippen molar-refractivity contribution in [3.63, 3.8) is 0 Å². The van der Waals surface area contributed by atoms with Crippen LogP contribution in [0, 0.1) is 13.8 Å². The topological polar surface area (TPSA) is 98.2 Å². The van der Waals surface area contributed by atoms with Gasteiger partial charge in [0.1, 0.15) is 10.8 Å². The minimum atomic E-state index is -0.564. The molecule has 0 aromatic carbocycles. The van der Waals surface area contributed by atoms with E-state index >= 15 is 0 Å². The van der Waals surface area contributed by atoms with Gasteiger partial charge < -0.3 is 15.5 Å². The first-order chi connectivity index (χ1) is 9.88. The summed E-state index contributed by atoms with van der Waals surface area (Å²) in [5.74, 6) is -0.0661. The third kappa shape index (κ3) is 3.64. The number of carbonyl (C=O) groups excluding carboxylic acids is 2. The molecule has 0 unspecified atom stereocenters. The molecule has 0 aliphatic heterocycles. The van der Waals surface area contributed by atoms with E-state index in [9.17, 15) is 9.59 Å². The summed E-state index contributed by atoms with van der Waals surface area (Å²) >= 11 is 2.48. The SMILES string of the molecule is Cc1nc(S[C@@H](C)C(=O)Nc2sccc2C(N)=O)oc1C. The van der Waals surface area contributed by atoms with E-state index in [-0.39, 0.29) is 5.91 Å². The van der Waals surface area contributed by atoms with Gasteiger partial charge in [-0.15, -0.1) is 11.3 Å². The summed E-state index contributed by atoms with van der Waals surface area (Å²) < 4.78 is 5.43. The summed E-state index contributed by atoms with van der Waals surface area (Å²) in [6.45, 7) is 5.41. The average molecular weight is 325 g/mol. The number of carbonyl (C=O) groups is 2. The number of rotatable bonds is 5. The van der Waals surface area contributed by atoms with Crippen LogP contribution >= 0.6 is 23.1 Å². The third-order valence-corrected chi connectivity index (χ3v) is 4.60. The highest BCUT2D eigenvalue weighted by atomic mass is 32.2. The Morgan fingerprint density at radius 3 is 2.76 bits per heavy atom. The molecule has 3 N–H and O–H groups in total. The van der Waals surface area contributed by atoms with Crippen LogP contribution in [0.4, 0.5) is 5.00 Å². The van der Waals surface area contributed by atoms with Gasteiger partial charge in [0.15, 0.2) is 0 Å². The number of nitrogens with one attached hydrogen (secondary N) is 1. The molecule has 1 atom stereocenters. The number of oxazole rings is 1. The van der Waals surface area contributed by atoms with E-state index in [1.54, 1.807) is 18.4 Å². The number of aromatic nitrogens is 1. The molecule has 21 heavy (non-hydrogen) atoms. The summed E-state index contributed by atoms with van der Waals surface area (Å²) in [7, 11) is 0. The van der Waals surface area contributed by atoms with Crippen LogP contribution in [0.3, 0.4) is 0 Å². The molecule has 2 heterocycles. The first-order valence-electron chi connectivity index (χ1n) is 6.17. The predicted octanol–water partition coefficient (Wildman–Crippen LogP) is 2.57. The first kappa shape index (κ1) is 15.6. The van der Waals surface area contributed by atoms with Crippen molar-refractivity contribution in [2.45, 2.75) is 31.2 Å².